The van der Waals surface area contributed by atoms with Crippen molar-refractivity contribution in [2.75, 3.05) is 6.61 Å². The molecule has 4 nitrogen and oxygen atoms in total. The molecule has 1 aromatic carbocycles. The summed E-state index contributed by atoms with van der Waals surface area (Å²) in [5.74, 6) is 5.25. The monoisotopic (exact) mass is 287 g/mol. The van der Waals surface area contributed by atoms with Crippen molar-refractivity contribution < 1.29 is 15.0 Å². The maximum atomic E-state index is 12.3. The lowest BCUT2D eigenvalue weighted by molar-refractivity contribution is 0.0717. The van der Waals surface area contributed by atoms with Gasteiger partial charge in [-0.05, 0) is 37.5 Å². The minimum absolute atomic E-state index is 0.167. The van der Waals surface area contributed by atoms with Gasteiger partial charge in [0.25, 0.3) is 5.91 Å². The van der Waals surface area contributed by atoms with Gasteiger partial charge in [0.1, 0.15) is 6.61 Å². The van der Waals surface area contributed by atoms with Gasteiger partial charge >= 0.3 is 0 Å². The van der Waals surface area contributed by atoms with Gasteiger partial charge in [-0.25, -0.2) is 0 Å². The molecule has 21 heavy (non-hydrogen) atoms. The SMILES string of the molecule is Cc1ccc(C(=O)NC2CCCCC2O)cc1C#CCO. The fraction of sp³-hybridized carbons (Fsp3) is 0.471. The molecule has 1 fully saturated rings. The van der Waals surface area contributed by atoms with E-state index < -0.39 is 6.10 Å². The van der Waals surface area contributed by atoms with Crippen molar-refractivity contribution in [2.45, 2.75) is 44.8 Å². The zero-order valence-corrected chi connectivity index (χ0v) is 12.2. The predicted octanol–water partition coefficient (Wildman–Crippen LogP) is 1.37. The Morgan fingerprint density at radius 3 is 2.86 bits per heavy atom. The van der Waals surface area contributed by atoms with Crippen LogP contribution in [0.15, 0.2) is 18.2 Å². The first-order valence-corrected chi connectivity index (χ1v) is 7.31. The van der Waals surface area contributed by atoms with Crippen LogP contribution in [-0.4, -0.2) is 34.9 Å². The van der Waals surface area contributed by atoms with Crippen LogP contribution >= 0.6 is 0 Å². The molecule has 1 aliphatic rings. The van der Waals surface area contributed by atoms with E-state index in [9.17, 15) is 9.90 Å². The molecule has 0 saturated heterocycles. The number of aryl methyl sites for hydroxylation is 1. The molecular formula is C17H21NO3. The molecule has 3 N–H and O–H groups in total. The maximum absolute atomic E-state index is 12.3. The molecule has 0 aromatic heterocycles. The number of nitrogens with one attached hydrogen (secondary N) is 1. The maximum Gasteiger partial charge on any atom is 0.251 e. The first-order valence-electron chi connectivity index (χ1n) is 7.31. The molecule has 2 rings (SSSR count). The summed E-state index contributed by atoms with van der Waals surface area (Å²) in [6.07, 6.45) is 3.14. The first-order chi connectivity index (χ1) is 10.1. The van der Waals surface area contributed by atoms with Crippen LogP contribution in [0.3, 0.4) is 0 Å². The van der Waals surface area contributed by atoms with Gasteiger partial charge in [0.05, 0.1) is 12.1 Å². The van der Waals surface area contributed by atoms with Crippen LogP contribution in [0.1, 0.15) is 47.2 Å². The lowest BCUT2D eigenvalue weighted by Gasteiger charge is -2.28. The lowest BCUT2D eigenvalue weighted by atomic mass is 9.92. The van der Waals surface area contributed by atoms with Gasteiger partial charge < -0.3 is 15.5 Å². The number of aliphatic hydroxyl groups excluding tert-OH is 2. The largest absolute Gasteiger partial charge is 0.391 e. The predicted molar refractivity (Wildman–Crippen MR) is 80.9 cm³/mol. The molecule has 0 aliphatic heterocycles. The molecule has 0 spiro atoms. The van der Waals surface area contributed by atoms with Crippen molar-refractivity contribution in [2.24, 2.45) is 0 Å². The number of benzene rings is 1. The average molecular weight is 287 g/mol. The Kier molecular flexibility index (Phi) is 5.38. The van der Waals surface area contributed by atoms with Crippen LogP contribution in [0.5, 0.6) is 0 Å². The van der Waals surface area contributed by atoms with E-state index in [1.807, 2.05) is 13.0 Å². The van der Waals surface area contributed by atoms with Crippen molar-refractivity contribution in [3.05, 3.63) is 34.9 Å². The van der Waals surface area contributed by atoms with E-state index >= 15 is 0 Å². The summed E-state index contributed by atoms with van der Waals surface area (Å²) in [4.78, 5) is 12.3. The summed E-state index contributed by atoms with van der Waals surface area (Å²) in [7, 11) is 0. The summed E-state index contributed by atoms with van der Waals surface area (Å²) < 4.78 is 0. The number of hydrogen-bond donors (Lipinski definition) is 3. The van der Waals surface area contributed by atoms with Gasteiger partial charge in [-0.1, -0.05) is 30.7 Å². The highest BCUT2D eigenvalue weighted by atomic mass is 16.3. The molecule has 0 heterocycles. The van der Waals surface area contributed by atoms with Gasteiger partial charge in [0, 0.05) is 11.1 Å². The van der Waals surface area contributed by atoms with Crippen LogP contribution in [0.4, 0.5) is 0 Å². The molecule has 2 unspecified atom stereocenters. The van der Waals surface area contributed by atoms with Gasteiger partial charge in [-0.2, -0.15) is 0 Å². The molecule has 0 radical (unpaired) electrons. The van der Waals surface area contributed by atoms with Crippen LogP contribution < -0.4 is 5.32 Å². The number of aliphatic hydroxyl groups is 2. The second-order valence-electron chi connectivity index (χ2n) is 5.42. The van der Waals surface area contributed by atoms with Gasteiger partial charge in [-0.3, -0.25) is 4.79 Å². The zero-order valence-electron chi connectivity index (χ0n) is 12.2. The quantitative estimate of drug-likeness (QED) is 0.720. The molecule has 1 aromatic rings. The van der Waals surface area contributed by atoms with Crippen molar-refractivity contribution >= 4 is 5.91 Å². The average Bonchev–Trinajstić information content (AvgIpc) is 2.48. The van der Waals surface area contributed by atoms with Crippen molar-refractivity contribution in [3.8, 4) is 11.8 Å². The molecule has 0 bridgehead atoms. The lowest BCUT2D eigenvalue weighted by Crippen LogP contribution is -2.45. The molecule has 1 amide bonds. The van der Waals surface area contributed by atoms with Crippen LogP contribution in [0, 0.1) is 18.8 Å². The normalized spacial score (nSPS) is 21.3. The second-order valence-corrected chi connectivity index (χ2v) is 5.42. The van der Waals surface area contributed by atoms with E-state index in [0.717, 1.165) is 36.8 Å². The summed E-state index contributed by atoms with van der Waals surface area (Å²) in [5, 5.41) is 21.6. The molecule has 2 atom stereocenters. The van der Waals surface area contributed by atoms with Crippen LogP contribution in [-0.2, 0) is 0 Å². The Bertz CT molecular complexity index is 571. The van der Waals surface area contributed by atoms with E-state index in [4.69, 9.17) is 5.11 Å². The molecule has 4 heteroatoms. The highest BCUT2D eigenvalue weighted by Crippen LogP contribution is 2.19. The Labute approximate surface area is 125 Å². The fourth-order valence-corrected chi connectivity index (χ4v) is 2.56. The minimum atomic E-state index is -0.457. The van der Waals surface area contributed by atoms with E-state index in [1.165, 1.54) is 0 Å². The summed E-state index contributed by atoms with van der Waals surface area (Å²) in [6.45, 7) is 1.71. The molecule has 112 valence electrons. The Morgan fingerprint density at radius 1 is 1.38 bits per heavy atom. The van der Waals surface area contributed by atoms with Gasteiger partial charge in [0.15, 0.2) is 0 Å². The standard InChI is InChI=1S/C17H21NO3/c1-12-8-9-14(11-13(12)5-4-10-19)17(21)18-15-6-2-3-7-16(15)20/h8-9,11,15-16,19-20H,2-3,6-7,10H2,1H3,(H,18,21). The summed E-state index contributed by atoms with van der Waals surface area (Å²) in [6, 6.07) is 5.15. The van der Waals surface area contributed by atoms with E-state index in [-0.39, 0.29) is 18.6 Å². The van der Waals surface area contributed by atoms with Gasteiger partial charge in [-0.15, -0.1) is 0 Å². The second kappa shape index (κ2) is 7.26. The smallest absolute Gasteiger partial charge is 0.251 e. The fourth-order valence-electron chi connectivity index (χ4n) is 2.56. The third-order valence-electron chi connectivity index (χ3n) is 3.85. The topological polar surface area (TPSA) is 69.6 Å². The third kappa shape index (κ3) is 4.07. The third-order valence-corrected chi connectivity index (χ3v) is 3.85. The molecular weight excluding hydrogens is 266 g/mol. The van der Waals surface area contributed by atoms with Crippen molar-refractivity contribution in [1.29, 1.82) is 0 Å². The van der Waals surface area contributed by atoms with E-state index in [0.29, 0.717) is 5.56 Å². The summed E-state index contributed by atoms with van der Waals surface area (Å²) >= 11 is 0. The van der Waals surface area contributed by atoms with E-state index in [1.54, 1.807) is 12.1 Å². The highest BCUT2D eigenvalue weighted by Gasteiger charge is 2.24. The number of carbonyl (C=O) groups excluding carboxylic acids is 1. The molecule has 1 saturated carbocycles. The van der Waals surface area contributed by atoms with Gasteiger partial charge in [0.2, 0.25) is 0 Å². The number of carbonyl (C=O) groups is 1. The number of rotatable bonds is 2. The van der Waals surface area contributed by atoms with Crippen molar-refractivity contribution in [1.82, 2.24) is 5.32 Å². The Morgan fingerprint density at radius 2 is 2.14 bits per heavy atom. The molecule has 1 aliphatic carbocycles. The van der Waals surface area contributed by atoms with Crippen LogP contribution in [0.25, 0.3) is 0 Å². The van der Waals surface area contributed by atoms with E-state index in [2.05, 4.69) is 17.2 Å². The number of amides is 1. The Hall–Kier alpha value is -1.83. The minimum Gasteiger partial charge on any atom is -0.391 e. The first kappa shape index (κ1) is 15.6. The zero-order chi connectivity index (χ0) is 15.2. The summed E-state index contributed by atoms with van der Waals surface area (Å²) in [5.41, 5.74) is 2.23. The Balaban J connectivity index is 2.11. The van der Waals surface area contributed by atoms with Crippen molar-refractivity contribution in [3.63, 3.8) is 0 Å². The number of hydrogen-bond acceptors (Lipinski definition) is 3. The highest BCUT2D eigenvalue weighted by molar-refractivity contribution is 5.95. The van der Waals surface area contributed by atoms with Crippen LogP contribution in [0.2, 0.25) is 0 Å².